The number of piperidine rings is 1. The zero-order valence-electron chi connectivity index (χ0n) is 10.8. The Morgan fingerprint density at radius 2 is 2.12 bits per heavy atom. The van der Waals surface area contributed by atoms with E-state index < -0.39 is 0 Å². The van der Waals surface area contributed by atoms with Crippen molar-refractivity contribution in [2.45, 2.75) is 45.2 Å². The van der Waals surface area contributed by atoms with E-state index in [1.807, 2.05) is 6.07 Å². The van der Waals surface area contributed by atoms with Gasteiger partial charge in [0.2, 0.25) is 0 Å². The predicted octanol–water partition coefficient (Wildman–Crippen LogP) is 3.35. The SMILES string of the molecule is Cc1ccc(Cl)cc1N1CCCC(N)C1(C)C. The molecule has 1 aromatic carbocycles. The van der Waals surface area contributed by atoms with Crippen molar-refractivity contribution in [2.75, 3.05) is 11.4 Å². The van der Waals surface area contributed by atoms with Gasteiger partial charge in [-0.3, -0.25) is 0 Å². The summed E-state index contributed by atoms with van der Waals surface area (Å²) in [6.45, 7) is 7.62. The van der Waals surface area contributed by atoms with Crippen LogP contribution in [0, 0.1) is 6.92 Å². The third-order valence-electron chi connectivity index (χ3n) is 3.96. The average molecular weight is 253 g/mol. The molecule has 1 aliphatic heterocycles. The molecule has 0 radical (unpaired) electrons. The van der Waals surface area contributed by atoms with Crippen LogP contribution >= 0.6 is 11.6 Å². The Labute approximate surface area is 109 Å². The lowest BCUT2D eigenvalue weighted by Crippen LogP contribution is -2.60. The number of hydrogen-bond donors (Lipinski definition) is 1. The smallest absolute Gasteiger partial charge is 0.0496 e. The molecule has 1 fully saturated rings. The minimum Gasteiger partial charge on any atom is -0.365 e. The molecule has 2 nitrogen and oxygen atoms in total. The Morgan fingerprint density at radius 1 is 1.41 bits per heavy atom. The molecule has 3 heteroatoms. The van der Waals surface area contributed by atoms with Crippen molar-refractivity contribution in [1.82, 2.24) is 0 Å². The van der Waals surface area contributed by atoms with Crippen LogP contribution in [0.5, 0.6) is 0 Å². The number of nitrogens with zero attached hydrogens (tertiary/aromatic N) is 1. The molecule has 0 aliphatic carbocycles. The Morgan fingerprint density at radius 3 is 2.82 bits per heavy atom. The molecule has 0 amide bonds. The van der Waals surface area contributed by atoms with E-state index in [4.69, 9.17) is 17.3 Å². The van der Waals surface area contributed by atoms with E-state index in [2.05, 4.69) is 37.8 Å². The fraction of sp³-hybridized carbons (Fsp3) is 0.571. The van der Waals surface area contributed by atoms with Gasteiger partial charge in [-0.1, -0.05) is 17.7 Å². The van der Waals surface area contributed by atoms with Crippen molar-refractivity contribution in [3.63, 3.8) is 0 Å². The van der Waals surface area contributed by atoms with Gasteiger partial charge in [-0.15, -0.1) is 0 Å². The van der Waals surface area contributed by atoms with E-state index in [1.165, 1.54) is 11.3 Å². The lowest BCUT2D eigenvalue weighted by atomic mass is 9.85. The van der Waals surface area contributed by atoms with Gasteiger partial charge >= 0.3 is 0 Å². The molecule has 2 N–H and O–H groups in total. The van der Waals surface area contributed by atoms with Crippen LogP contribution in [0.2, 0.25) is 5.02 Å². The predicted molar refractivity (Wildman–Crippen MR) is 74.8 cm³/mol. The van der Waals surface area contributed by atoms with Gasteiger partial charge in [0.25, 0.3) is 0 Å². The average Bonchev–Trinajstić information content (AvgIpc) is 2.26. The highest BCUT2D eigenvalue weighted by molar-refractivity contribution is 6.30. The summed E-state index contributed by atoms with van der Waals surface area (Å²) in [4.78, 5) is 2.41. The number of anilines is 1. The summed E-state index contributed by atoms with van der Waals surface area (Å²) in [5.41, 5.74) is 8.73. The van der Waals surface area contributed by atoms with E-state index in [0.717, 1.165) is 24.4 Å². The summed E-state index contributed by atoms with van der Waals surface area (Å²) in [6, 6.07) is 6.29. The molecular formula is C14H21ClN2. The van der Waals surface area contributed by atoms with Crippen LogP contribution in [0.1, 0.15) is 32.3 Å². The molecule has 0 saturated carbocycles. The maximum Gasteiger partial charge on any atom is 0.0496 e. The molecule has 0 bridgehead atoms. The summed E-state index contributed by atoms with van der Waals surface area (Å²) < 4.78 is 0. The highest BCUT2D eigenvalue weighted by Crippen LogP contribution is 2.35. The monoisotopic (exact) mass is 252 g/mol. The minimum absolute atomic E-state index is 0.00626. The standard InChI is InChI=1S/C14H21ClN2/c1-10-6-7-11(15)9-12(10)17-8-4-5-13(16)14(17,2)3/h6-7,9,13H,4-5,8,16H2,1-3H3. The number of hydrogen-bond acceptors (Lipinski definition) is 2. The molecule has 1 saturated heterocycles. The number of benzene rings is 1. The molecule has 1 aliphatic rings. The largest absolute Gasteiger partial charge is 0.365 e. The second kappa shape index (κ2) is 4.51. The van der Waals surface area contributed by atoms with Crippen molar-refractivity contribution < 1.29 is 0 Å². The van der Waals surface area contributed by atoms with Gasteiger partial charge in [0.05, 0.1) is 0 Å². The molecule has 94 valence electrons. The lowest BCUT2D eigenvalue weighted by Gasteiger charge is -2.48. The first-order valence-corrected chi connectivity index (χ1v) is 6.60. The summed E-state index contributed by atoms with van der Waals surface area (Å²) in [5.74, 6) is 0. The summed E-state index contributed by atoms with van der Waals surface area (Å²) in [5, 5.41) is 0.792. The number of rotatable bonds is 1. The second-order valence-corrected chi connectivity index (χ2v) is 5.92. The van der Waals surface area contributed by atoms with Crippen molar-refractivity contribution >= 4 is 17.3 Å². The Kier molecular flexibility index (Phi) is 3.37. The van der Waals surface area contributed by atoms with Crippen LogP contribution in [0.25, 0.3) is 0 Å². The van der Waals surface area contributed by atoms with Gasteiger partial charge in [-0.05, 0) is 51.3 Å². The van der Waals surface area contributed by atoms with E-state index in [0.29, 0.717) is 0 Å². The normalized spacial score (nSPS) is 23.8. The van der Waals surface area contributed by atoms with Crippen LogP contribution in [0.15, 0.2) is 18.2 Å². The number of aryl methyl sites for hydroxylation is 1. The molecule has 1 heterocycles. The zero-order chi connectivity index (χ0) is 12.6. The van der Waals surface area contributed by atoms with E-state index in [9.17, 15) is 0 Å². The fourth-order valence-corrected chi connectivity index (χ4v) is 2.78. The third kappa shape index (κ3) is 2.29. The topological polar surface area (TPSA) is 29.3 Å². The highest BCUT2D eigenvalue weighted by atomic mass is 35.5. The van der Waals surface area contributed by atoms with Crippen molar-refractivity contribution in [3.05, 3.63) is 28.8 Å². The van der Waals surface area contributed by atoms with E-state index in [-0.39, 0.29) is 11.6 Å². The quantitative estimate of drug-likeness (QED) is 0.831. The van der Waals surface area contributed by atoms with E-state index in [1.54, 1.807) is 0 Å². The van der Waals surface area contributed by atoms with Gasteiger partial charge in [-0.2, -0.15) is 0 Å². The van der Waals surface area contributed by atoms with Crippen molar-refractivity contribution in [3.8, 4) is 0 Å². The van der Waals surface area contributed by atoms with Crippen LogP contribution in [-0.2, 0) is 0 Å². The molecule has 17 heavy (non-hydrogen) atoms. The van der Waals surface area contributed by atoms with Crippen LogP contribution in [0.4, 0.5) is 5.69 Å². The van der Waals surface area contributed by atoms with Crippen LogP contribution in [-0.4, -0.2) is 18.1 Å². The Hall–Kier alpha value is -0.730. The molecule has 0 aromatic heterocycles. The third-order valence-corrected chi connectivity index (χ3v) is 4.20. The maximum atomic E-state index is 6.25. The Bertz CT molecular complexity index is 415. The van der Waals surface area contributed by atoms with Crippen LogP contribution in [0.3, 0.4) is 0 Å². The first kappa shape index (κ1) is 12.7. The van der Waals surface area contributed by atoms with Crippen molar-refractivity contribution in [1.29, 1.82) is 0 Å². The van der Waals surface area contributed by atoms with Gasteiger partial charge in [0.1, 0.15) is 0 Å². The summed E-state index contributed by atoms with van der Waals surface area (Å²) >= 11 is 6.11. The molecule has 1 aromatic rings. The fourth-order valence-electron chi connectivity index (χ4n) is 2.62. The van der Waals surface area contributed by atoms with Gasteiger partial charge in [0, 0.05) is 28.8 Å². The summed E-state index contributed by atoms with van der Waals surface area (Å²) in [7, 11) is 0. The highest BCUT2D eigenvalue weighted by Gasteiger charge is 2.36. The lowest BCUT2D eigenvalue weighted by molar-refractivity contribution is 0.309. The maximum absolute atomic E-state index is 6.25. The zero-order valence-corrected chi connectivity index (χ0v) is 11.6. The van der Waals surface area contributed by atoms with E-state index >= 15 is 0 Å². The summed E-state index contributed by atoms with van der Waals surface area (Å²) in [6.07, 6.45) is 2.25. The van der Waals surface area contributed by atoms with Crippen molar-refractivity contribution in [2.24, 2.45) is 5.73 Å². The molecular weight excluding hydrogens is 232 g/mol. The first-order valence-electron chi connectivity index (χ1n) is 6.22. The number of nitrogens with two attached hydrogens (primary N) is 1. The first-order chi connectivity index (χ1) is 7.93. The van der Waals surface area contributed by atoms with Gasteiger partial charge in [0.15, 0.2) is 0 Å². The number of halogens is 1. The molecule has 2 rings (SSSR count). The Balaban J connectivity index is 2.41. The molecule has 1 unspecified atom stereocenters. The molecule has 1 atom stereocenters. The minimum atomic E-state index is -0.00626. The van der Waals surface area contributed by atoms with Gasteiger partial charge < -0.3 is 10.6 Å². The second-order valence-electron chi connectivity index (χ2n) is 5.48. The van der Waals surface area contributed by atoms with Gasteiger partial charge in [-0.25, -0.2) is 0 Å². The molecule has 0 spiro atoms. The van der Waals surface area contributed by atoms with Crippen LogP contribution < -0.4 is 10.6 Å².